The van der Waals surface area contributed by atoms with Crippen LogP contribution in [-0.4, -0.2) is 142 Å². The van der Waals surface area contributed by atoms with Crippen LogP contribution >= 0.6 is 0 Å². The number of aliphatic hydroxyl groups excluding tert-OH is 5. The van der Waals surface area contributed by atoms with Crippen LogP contribution < -0.4 is 0 Å². The molecule has 5 aliphatic rings. The molecule has 58 heavy (non-hydrogen) atoms. The molecular weight excluding hydrogens is 764 g/mol. The van der Waals surface area contributed by atoms with E-state index in [9.17, 15) is 39.9 Å². The molecule has 0 radical (unpaired) electrons. The Kier molecular flexibility index (Phi) is 12.7. The van der Waals surface area contributed by atoms with Gasteiger partial charge in [0.2, 0.25) is 6.29 Å². The molecule has 2 unspecified atom stereocenters. The van der Waals surface area contributed by atoms with E-state index in [1.807, 2.05) is 12.1 Å². The molecule has 2 aromatic carbocycles. The van der Waals surface area contributed by atoms with Gasteiger partial charge in [-0.3, -0.25) is 4.79 Å². The first-order chi connectivity index (χ1) is 27.9. The molecule has 7 rings (SSSR count). The van der Waals surface area contributed by atoms with E-state index in [0.717, 1.165) is 12.5 Å². The normalized spacial score (nSPS) is 39.1. The number of hydrogen-bond acceptors (Lipinski definition) is 17. The first-order valence-corrected chi connectivity index (χ1v) is 18.9. The summed E-state index contributed by atoms with van der Waals surface area (Å²) in [7, 11) is 0. The molecule has 16 atom stereocenters. The summed E-state index contributed by atoms with van der Waals surface area (Å²) >= 11 is 0. The largest absolute Gasteiger partial charge is 0.472 e. The number of aliphatic hydroxyl groups is 5. The number of rotatable bonds is 13. The fraction of sp³-hybridized carbons (Fsp3) is 0.488. The molecule has 0 aromatic heterocycles. The SMILES string of the molecule is CC(=O)O[C@@H]1[C@H](O[C@H]2C3C=CO[C@@H](O[C@@H]4O[C@H](CO)[C@@H](O)[C@H](O)[C@H]4O)C3[C@@]3(CO)O[C@@H]23)O[C@@H](C)[C@H](OC(=O)/C=C/c2ccccc2)[C@H]1OC(=O)/C=C/c1ccccc1. The molecule has 4 aliphatic heterocycles. The Morgan fingerprint density at radius 2 is 1.34 bits per heavy atom. The monoisotopic (exact) mass is 810 g/mol. The first kappa shape index (κ1) is 41.6. The zero-order valence-electron chi connectivity index (χ0n) is 31.4. The third-order valence-corrected chi connectivity index (χ3v) is 10.8. The number of fused-ring (bicyclic) bond motifs is 3. The number of ether oxygens (including phenoxy) is 9. The van der Waals surface area contributed by atoms with E-state index in [1.54, 1.807) is 67.6 Å². The average molecular weight is 811 g/mol. The van der Waals surface area contributed by atoms with E-state index in [0.29, 0.717) is 5.56 Å². The summed E-state index contributed by atoms with van der Waals surface area (Å²) in [4.78, 5) is 39.3. The van der Waals surface area contributed by atoms with E-state index in [4.69, 9.17) is 42.6 Å². The topological polar surface area (TPSA) is 239 Å². The standard InChI is InChI=1S/C41H46O17/c1-21-33(54-27(45)15-13-23-9-5-3-6-10-23)35(55-28(46)16-14-24-11-7-4-8-12-24)36(52-22(2)44)40(51-21)56-34-25-17-18-50-38(29(25)41(20-43)37(34)58-41)57-39-32(49)31(48)30(47)26(19-42)53-39/h3-18,21,25-26,29-40,42-43,47-49H,19-20H2,1-2H3/b15-13+,16-14+/t21-,25?,26+,29?,30+,31-,32+,33-,34-,35+,36-,37-,38-,39-,40-,41+/m0/s1. The van der Waals surface area contributed by atoms with Crippen LogP contribution in [0.3, 0.4) is 0 Å². The highest BCUT2D eigenvalue weighted by atomic mass is 16.8. The Labute approximate surface area is 332 Å². The van der Waals surface area contributed by atoms with Crippen LogP contribution in [0.1, 0.15) is 25.0 Å². The number of benzene rings is 2. The third-order valence-electron chi connectivity index (χ3n) is 10.8. The minimum Gasteiger partial charge on any atom is -0.472 e. The molecule has 2 aromatic rings. The van der Waals surface area contributed by atoms with Gasteiger partial charge in [0.25, 0.3) is 0 Å². The van der Waals surface area contributed by atoms with Gasteiger partial charge in [0.1, 0.15) is 36.1 Å². The van der Waals surface area contributed by atoms with Gasteiger partial charge in [-0.05, 0) is 36.3 Å². The lowest BCUT2D eigenvalue weighted by molar-refractivity contribution is -0.347. The lowest BCUT2D eigenvalue weighted by Gasteiger charge is -2.45. The molecule has 3 saturated heterocycles. The maximum Gasteiger partial charge on any atom is 0.331 e. The average Bonchev–Trinajstić information content (AvgIpc) is 3.90. The van der Waals surface area contributed by atoms with Gasteiger partial charge in [-0.25, -0.2) is 9.59 Å². The number of carbonyl (C=O) groups excluding carboxylic acids is 3. The Morgan fingerprint density at radius 1 is 0.724 bits per heavy atom. The molecule has 0 amide bonds. The van der Waals surface area contributed by atoms with Crippen molar-refractivity contribution < 1.29 is 82.5 Å². The lowest BCUT2D eigenvalue weighted by Crippen LogP contribution is -2.62. The number of epoxide rings is 1. The van der Waals surface area contributed by atoms with E-state index >= 15 is 0 Å². The van der Waals surface area contributed by atoms with Crippen LogP contribution in [0.2, 0.25) is 0 Å². The van der Waals surface area contributed by atoms with Crippen molar-refractivity contribution in [3.05, 3.63) is 96.3 Å². The van der Waals surface area contributed by atoms with Crippen LogP contribution in [0.5, 0.6) is 0 Å². The maximum atomic E-state index is 13.4. The molecule has 0 spiro atoms. The van der Waals surface area contributed by atoms with Gasteiger partial charge in [0.15, 0.2) is 30.9 Å². The Bertz CT molecular complexity index is 1840. The fourth-order valence-corrected chi connectivity index (χ4v) is 7.96. The van der Waals surface area contributed by atoms with Crippen LogP contribution in [-0.2, 0) is 57.0 Å². The third kappa shape index (κ3) is 8.60. The summed E-state index contributed by atoms with van der Waals surface area (Å²) in [5.41, 5.74) is 0.136. The Hall–Kier alpha value is -4.53. The molecular formula is C41H46O17. The van der Waals surface area contributed by atoms with Crippen molar-refractivity contribution >= 4 is 30.1 Å². The predicted molar refractivity (Wildman–Crippen MR) is 196 cm³/mol. The zero-order valence-corrected chi connectivity index (χ0v) is 31.4. The van der Waals surface area contributed by atoms with Crippen LogP contribution in [0.15, 0.2) is 85.2 Å². The fourth-order valence-electron chi connectivity index (χ4n) is 7.96. The molecule has 312 valence electrons. The minimum absolute atomic E-state index is 0.526. The Morgan fingerprint density at radius 3 is 1.93 bits per heavy atom. The van der Waals surface area contributed by atoms with Crippen molar-refractivity contribution in [2.75, 3.05) is 13.2 Å². The minimum atomic E-state index is -1.74. The van der Waals surface area contributed by atoms with Gasteiger partial charge < -0.3 is 68.2 Å². The van der Waals surface area contributed by atoms with Crippen molar-refractivity contribution in [1.82, 2.24) is 0 Å². The summed E-state index contributed by atoms with van der Waals surface area (Å²) in [6.07, 6.45) is -9.16. The van der Waals surface area contributed by atoms with Crippen molar-refractivity contribution in [2.24, 2.45) is 11.8 Å². The molecule has 4 heterocycles. The summed E-state index contributed by atoms with van der Waals surface area (Å²) in [5.74, 6) is -3.88. The quantitative estimate of drug-likeness (QED) is 0.0795. The highest BCUT2D eigenvalue weighted by Gasteiger charge is 2.77. The van der Waals surface area contributed by atoms with Crippen LogP contribution in [0, 0.1) is 11.8 Å². The van der Waals surface area contributed by atoms with Crippen LogP contribution in [0.25, 0.3) is 12.2 Å². The number of esters is 3. The highest BCUT2D eigenvalue weighted by Crippen LogP contribution is 2.61. The van der Waals surface area contributed by atoms with Gasteiger partial charge in [-0.1, -0.05) is 60.7 Å². The molecule has 17 nitrogen and oxygen atoms in total. The maximum absolute atomic E-state index is 13.4. The molecule has 0 bridgehead atoms. The van der Waals surface area contributed by atoms with E-state index in [1.165, 1.54) is 24.5 Å². The molecule has 1 aliphatic carbocycles. The molecule has 5 N–H and O–H groups in total. The van der Waals surface area contributed by atoms with Gasteiger partial charge >= 0.3 is 17.9 Å². The zero-order chi connectivity index (χ0) is 41.1. The second-order valence-electron chi connectivity index (χ2n) is 14.6. The van der Waals surface area contributed by atoms with Crippen molar-refractivity contribution in [3.8, 4) is 0 Å². The van der Waals surface area contributed by atoms with Crippen molar-refractivity contribution in [3.63, 3.8) is 0 Å². The summed E-state index contributed by atoms with van der Waals surface area (Å²) in [6, 6.07) is 18.0. The van der Waals surface area contributed by atoms with Crippen molar-refractivity contribution in [2.45, 2.75) is 99.4 Å². The summed E-state index contributed by atoms with van der Waals surface area (Å²) < 4.78 is 53.6. The number of carbonyl (C=O) groups is 3. The smallest absolute Gasteiger partial charge is 0.331 e. The first-order valence-electron chi connectivity index (χ1n) is 18.9. The van der Waals surface area contributed by atoms with Crippen molar-refractivity contribution in [1.29, 1.82) is 0 Å². The van der Waals surface area contributed by atoms with Gasteiger partial charge in [0.05, 0.1) is 37.6 Å². The second kappa shape index (κ2) is 17.8. The van der Waals surface area contributed by atoms with Gasteiger partial charge in [0, 0.05) is 25.0 Å². The molecule has 4 fully saturated rings. The molecule has 1 saturated carbocycles. The van der Waals surface area contributed by atoms with E-state index in [-0.39, 0.29) is 0 Å². The van der Waals surface area contributed by atoms with Gasteiger partial charge in [-0.15, -0.1) is 0 Å². The highest BCUT2D eigenvalue weighted by molar-refractivity contribution is 5.88. The van der Waals surface area contributed by atoms with E-state index in [2.05, 4.69) is 0 Å². The summed E-state index contributed by atoms with van der Waals surface area (Å²) in [5, 5.41) is 51.6. The molecule has 17 heteroatoms. The summed E-state index contributed by atoms with van der Waals surface area (Å²) in [6.45, 7) is 1.50. The second-order valence-corrected chi connectivity index (χ2v) is 14.6. The Balaban J connectivity index is 1.14. The van der Waals surface area contributed by atoms with Crippen LogP contribution in [0.4, 0.5) is 0 Å². The van der Waals surface area contributed by atoms with Gasteiger partial charge in [-0.2, -0.15) is 0 Å². The predicted octanol–water partition coefficient (Wildman–Crippen LogP) is 0.361. The van der Waals surface area contributed by atoms with E-state index < -0.39 is 128 Å². The lowest BCUT2D eigenvalue weighted by atomic mass is 9.85. The number of hydrogen-bond donors (Lipinski definition) is 5.